The monoisotopic (exact) mass is 217 g/mol. The molecule has 0 heterocycles. The van der Waals surface area contributed by atoms with Gasteiger partial charge in [-0.15, -0.1) is 0 Å². The maximum Gasteiger partial charge on any atom is 0.0585 e. The molecule has 0 aromatic heterocycles. The molecule has 0 fully saturated rings. The summed E-state index contributed by atoms with van der Waals surface area (Å²) in [6.45, 7) is 9.35. The van der Waals surface area contributed by atoms with Gasteiger partial charge in [0.25, 0.3) is 0 Å². The first-order chi connectivity index (χ1) is 7.10. The van der Waals surface area contributed by atoms with Gasteiger partial charge in [-0.3, -0.25) is 0 Å². The topological polar surface area (TPSA) is 41.5 Å². The molecule has 0 aromatic carbocycles. The maximum absolute atomic E-state index is 9.13. The molecule has 15 heavy (non-hydrogen) atoms. The van der Waals surface area contributed by atoms with E-state index in [4.69, 9.17) is 9.84 Å². The minimum atomic E-state index is 0.166. The van der Waals surface area contributed by atoms with Gasteiger partial charge in [-0.25, -0.2) is 0 Å². The normalized spacial score (nSPS) is 15.6. The van der Waals surface area contributed by atoms with E-state index in [-0.39, 0.29) is 12.6 Å². The molecule has 92 valence electrons. The van der Waals surface area contributed by atoms with Crippen LogP contribution in [-0.2, 0) is 4.74 Å². The molecular formula is C12H27NO2. The lowest BCUT2D eigenvalue weighted by molar-refractivity contribution is 0.0487. The second-order valence-electron chi connectivity index (χ2n) is 4.46. The molecule has 0 bridgehead atoms. The van der Waals surface area contributed by atoms with E-state index in [1.165, 1.54) is 0 Å². The Morgan fingerprint density at radius 3 is 2.33 bits per heavy atom. The molecular weight excluding hydrogens is 190 g/mol. The zero-order valence-electron chi connectivity index (χ0n) is 10.6. The summed E-state index contributed by atoms with van der Waals surface area (Å²) in [5.74, 6) is 0. The minimum Gasteiger partial charge on any atom is -0.395 e. The van der Waals surface area contributed by atoms with E-state index in [0.29, 0.717) is 12.1 Å². The van der Waals surface area contributed by atoms with Crippen LogP contribution in [0.4, 0.5) is 0 Å². The molecule has 3 heteroatoms. The van der Waals surface area contributed by atoms with E-state index in [2.05, 4.69) is 33.0 Å². The highest BCUT2D eigenvalue weighted by Gasteiger charge is 2.09. The summed E-state index contributed by atoms with van der Waals surface area (Å²) in [5.41, 5.74) is 0. The summed E-state index contributed by atoms with van der Waals surface area (Å²) in [4.78, 5) is 0. The highest BCUT2D eigenvalue weighted by atomic mass is 16.5. The Hall–Kier alpha value is -0.120. The number of rotatable bonds is 9. The van der Waals surface area contributed by atoms with Crippen molar-refractivity contribution < 1.29 is 9.84 Å². The first-order valence-corrected chi connectivity index (χ1v) is 6.08. The van der Waals surface area contributed by atoms with E-state index >= 15 is 0 Å². The van der Waals surface area contributed by atoms with Gasteiger partial charge in [0.1, 0.15) is 0 Å². The van der Waals surface area contributed by atoms with Crippen molar-refractivity contribution in [3.8, 4) is 0 Å². The van der Waals surface area contributed by atoms with E-state index in [9.17, 15) is 0 Å². The summed E-state index contributed by atoms with van der Waals surface area (Å²) < 4.78 is 5.65. The lowest BCUT2D eigenvalue weighted by Gasteiger charge is -2.20. The predicted octanol–water partition coefficient (Wildman–Crippen LogP) is 1.94. The smallest absolute Gasteiger partial charge is 0.0585 e. The average Bonchev–Trinajstić information content (AvgIpc) is 2.16. The molecule has 0 aromatic rings. The first-order valence-electron chi connectivity index (χ1n) is 6.08. The van der Waals surface area contributed by atoms with Crippen molar-refractivity contribution in [2.75, 3.05) is 13.2 Å². The fourth-order valence-electron chi connectivity index (χ4n) is 1.60. The molecule has 0 spiro atoms. The van der Waals surface area contributed by atoms with E-state index in [1.54, 1.807) is 0 Å². The number of hydrogen-bond acceptors (Lipinski definition) is 3. The Balaban J connectivity index is 3.53. The Kier molecular flexibility index (Phi) is 9.06. The summed E-state index contributed by atoms with van der Waals surface area (Å²) >= 11 is 0. The van der Waals surface area contributed by atoms with Crippen molar-refractivity contribution in [3.63, 3.8) is 0 Å². The van der Waals surface area contributed by atoms with Gasteiger partial charge in [0.15, 0.2) is 0 Å². The van der Waals surface area contributed by atoms with E-state index < -0.39 is 0 Å². The van der Waals surface area contributed by atoms with Crippen molar-refractivity contribution in [1.29, 1.82) is 0 Å². The third-order valence-corrected chi connectivity index (χ3v) is 2.35. The standard InChI is InChI=1S/C12H27NO2/c1-5-6-11(4)15-8-7-12(9-14)13-10(2)3/h10-14H,5-9H2,1-4H3. The van der Waals surface area contributed by atoms with Crippen LogP contribution in [0, 0.1) is 0 Å². The molecule has 0 saturated carbocycles. The van der Waals surface area contributed by atoms with Gasteiger partial charge in [-0.2, -0.15) is 0 Å². The van der Waals surface area contributed by atoms with Gasteiger partial charge < -0.3 is 15.2 Å². The lowest BCUT2D eigenvalue weighted by Crippen LogP contribution is -2.38. The van der Waals surface area contributed by atoms with Crippen LogP contribution in [0.1, 0.15) is 47.0 Å². The third kappa shape index (κ3) is 8.85. The molecule has 0 saturated heterocycles. The van der Waals surface area contributed by atoms with Gasteiger partial charge in [-0.05, 0) is 19.8 Å². The van der Waals surface area contributed by atoms with Crippen LogP contribution < -0.4 is 5.32 Å². The van der Waals surface area contributed by atoms with Crippen LogP contribution in [0.5, 0.6) is 0 Å². The molecule has 0 amide bonds. The fourth-order valence-corrected chi connectivity index (χ4v) is 1.60. The molecule has 2 unspecified atom stereocenters. The average molecular weight is 217 g/mol. The van der Waals surface area contributed by atoms with Crippen molar-refractivity contribution in [2.24, 2.45) is 0 Å². The Morgan fingerprint density at radius 1 is 1.20 bits per heavy atom. The molecule has 0 radical (unpaired) electrons. The fraction of sp³-hybridized carbons (Fsp3) is 1.00. The summed E-state index contributed by atoms with van der Waals surface area (Å²) in [7, 11) is 0. The predicted molar refractivity (Wildman–Crippen MR) is 64.1 cm³/mol. The van der Waals surface area contributed by atoms with Crippen molar-refractivity contribution in [2.45, 2.75) is 65.1 Å². The van der Waals surface area contributed by atoms with Crippen LogP contribution in [0.2, 0.25) is 0 Å². The van der Waals surface area contributed by atoms with Gasteiger partial charge in [0.05, 0.1) is 12.7 Å². The van der Waals surface area contributed by atoms with Gasteiger partial charge in [0.2, 0.25) is 0 Å². The Bertz CT molecular complexity index is 140. The molecule has 2 atom stereocenters. The van der Waals surface area contributed by atoms with Crippen molar-refractivity contribution in [3.05, 3.63) is 0 Å². The Labute approximate surface area is 94.2 Å². The Morgan fingerprint density at radius 2 is 1.87 bits per heavy atom. The van der Waals surface area contributed by atoms with Crippen LogP contribution in [0.25, 0.3) is 0 Å². The maximum atomic E-state index is 9.13. The number of ether oxygens (including phenoxy) is 1. The second-order valence-corrected chi connectivity index (χ2v) is 4.46. The summed E-state index contributed by atoms with van der Waals surface area (Å²) in [5, 5.41) is 12.4. The first kappa shape index (κ1) is 14.9. The highest BCUT2D eigenvalue weighted by Crippen LogP contribution is 2.03. The van der Waals surface area contributed by atoms with Gasteiger partial charge in [-0.1, -0.05) is 27.2 Å². The zero-order chi connectivity index (χ0) is 11.7. The zero-order valence-corrected chi connectivity index (χ0v) is 10.6. The SMILES string of the molecule is CCCC(C)OCCC(CO)NC(C)C. The largest absolute Gasteiger partial charge is 0.395 e. The van der Waals surface area contributed by atoms with Crippen LogP contribution in [-0.4, -0.2) is 36.5 Å². The highest BCUT2D eigenvalue weighted by molar-refractivity contribution is 4.67. The molecule has 3 nitrogen and oxygen atoms in total. The summed E-state index contributed by atoms with van der Waals surface area (Å²) in [6, 6.07) is 0.578. The van der Waals surface area contributed by atoms with Gasteiger partial charge in [0, 0.05) is 18.7 Å². The molecule has 0 aliphatic carbocycles. The molecule has 2 N–H and O–H groups in total. The number of hydrogen-bond donors (Lipinski definition) is 2. The third-order valence-electron chi connectivity index (χ3n) is 2.35. The van der Waals surface area contributed by atoms with Crippen LogP contribution >= 0.6 is 0 Å². The van der Waals surface area contributed by atoms with E-state index in [0.717, 1.165) is 25.9 Å². The van der Waals surface area contributed by atoms with Gasteiger partial charge >= 0.3 is 0 Å². The van der Waals surface area contributed by atoms with Crippen molar-refractivity contribution >= 4 is 0 Å². The summed E-state index contributed by atoms with van der Waals surface area (Å²) in [6.07, 6.45) is 3.49. The number of nitrogens with one attached hydrogen (secondary N) is 1. The lowest BCUT2D eigenvalue weighted by atomic mass is 10.2. The number of aliphatic hydroxyl groups is 1. The van der Waals surface area contributed by atoms with Crippen LogP contribution in [0.15, 0.2) is 0 Å². The molecule has 0 aliphatic rings. The van der Waals surface area contributed by atoms with Crippen LogP contribution in [0.3, 0.4) is 0 Å². The minimum absolute atomic E-state index is 0.166. The quantitative estimate of drug-likeness (QED) is 0.620. The van der Waals surface area contributed by atoms with Crippen molar-refractivity contribution in [1.82, 2.24) is 5.32 Å². The van der Waals surface area contributed by atoms with E-state index in [1.807, 2.05) is 0 Å². The molecule has 0 rings (SSSR count). The number of aliphatic hydroxyl groups excluding tert-OH is 1. The molecule has 0 aliphatic heterocycles. The second kappa shape index (κ2) is 9.13.